The Labute approximate surface area is 245 Å². The molecule has 4 rings (SSSR count). The predicted molar refractivity (Wildman–Crippen MR) is 171 cm³/mol. The van der Waals surface area contributed by atoms with Gasteiger partial charge in [-0.05, 0) is 81.8 Å². The lowest BCUT2D eigenvalue weighted by Crippen LogP contribution is -2.38. The van der Waals surface area contributed by atoms with Crippen LogP contribution in [0.4, 0.5) is 11.4 Å². The molecule has 0 aliphatic heterocycles. The molecular formula is C35H47N4O2+. The summed E-state index contributed by atoms with van der Waals surface area (Å²) in [6.07, 6.45) is 5.15. The number of nitrogens with two attached hydrogens (primary N) is 2. The summed E-state index contributed by atoms with van der Waals surface area (Å²) in [5, 5.41) is 6.53. The van der Waals surface area contributed by atoms with E-state index in [4.69, 9.17) is 16.2 Å². The molecule has 0 unspecified atom stereocenters. The van der Waals surface area contributed by atoms with Crippen molar-refractivity contribution in [2.45, 2.75) is 78.4 Å². The van der Waals surface area contributed by atoms with Crippen LogP contribution in [0.1, 0.15) is 66.2 Å². The maximum Gasteiger partial charge on any atom is 0.220 e. The van der Waals surface area contributed by atoms with Crippen molar-refractivity contribution in [1.29, 1.82) is 0 Å². The Kier molecular flexibility index (Phi) is 10.2. The number of benzene rings is 3. The van der Waals surface area contributed by atoms with Gasteiger partial charge in [0.1, 0.15) is 6.54 Å². The van der Waals surface area contributed by atoms with Crippen molar-refractivity contribution in [3.63, 3.8) is 0 Å². The second-order valence-electron chi connectivity index (χ2n) is 12.1. The molecular weight excluding hydrogens is 508 g/mol. The average Bonchev–Trinajstić information content (AvgIpc) is 2.92. The number of nitrogens with zero attached hydrogens (tertiary/aromatic N) is 1. The fourth-order valence-corrected chi connectivity index (χ4v) is 5.36. The molecule has 6 nitrogen and oxygen atoms in total. The van der Waals surface area contributed by atoms with E-state index >= 15 is 0 Å². The number of pyridine rings is 1. The molecule has 4 aromatic rings. The van der Waals surface area contributed by atoms with E-state index < -0.39 is 0 Å². The summed E-state index contributed by atoms with van der Waals surface area (Å²) in [6, 6.07) is 22.7. The van der Waals surface area contributed by atoms with E-state index in [0.717, 1.165) is 89.6 Å². The summed E-state index contributed by atoms with van der Waals surface area (Å²) in [6.45, 7) is 10.8. The number of amides is 1. The molecule has 3 aromatic carbocycles. The SMILES string of the molecule is CC(C)CCOC(C)(C)CCNC(=O)CCCCC[n+]1c(-c2ccccc2)c2cc(N)ccc2c2ccc(N)cc21. The zero-order valence-electron chi connectivity index (χ0n) is 25.2. The Bertz CT molecular complexity index is 1460. The highest BCUT2D eigenvalue weighted by Crippen LogP contribution is 2.33. The van der Waals surface area contributed by atoms with Gasteiger partial charge in [-0.2, -0.15) is 4.57 Å². The summed E-state index contributed by atoms with van der Waals surface area (Å²) >= 11 is 0. The highest BCUT2D eigenvalue weighted by Gasteiger charge is 2.24. The molecule has 1 heterocycles. The van der Waals surface area contributed by atoms with Crippen molar-refractivity contribution in [2.24, 2.45) is 5.92 Å². The average molecular weight is 556 g/mol. The summed E-state index contributed by atoms with van der Waals surface area (Å²) in [5.41, 5.74) is 17.2. The van der Waals surface area contributed by atoms with Crippen LogP contribution in [0.15, 0.2) is 66.7 Å². The molecule has 0 radical (unpaired) electrons. The first-order valence-electron chi connectivity index (χ1n) is 15.0. The molecule has 0 saturated heterocycles. The molecule has 1 amide bonds. The van der Waals surface area contributed by atoms with Gasteiger partial charge in [-0.1, -0.05) is 38.1 Å². The van der Waals surface area contributed by atoms with Crippen LogP contribution in [0.3, 0.4) is 0 Å². The van der Waals surface area contributed by atoms with Gasteiger partial charge in [0.05, 0.1) is 16.4 Å². The van der Waals surface area contributed by atoms with E-state index in [0.29, 0.717) is 18.9 Å². The Morgan fingerprint density at radius 3 is 2.34 bits per heavy atom. The van der Waals surface area contributed by atoms with Crippen molar-refractivity contribution in [3.05, 3.63) is 66.7 Å². The van der Waals surface area contributed by atoms with Crippen LogP contribution in [0.5, 0.6) is 0 Å². The van der Waals surface area contributed by atoms with Crippen LogP contribution in [0, 0.1) is 5.92 Å². The van der Waals surface area contributed by atoms with Gasteiger partial charge in [-0.15, -0.1) is 0 Å². The number of carbonyl (C=O) groups excluding carboxylic acids is 1. The fourth-order valence-electron chi connectivity index (χ4n) is 5.36. The highest BCUT2D eigenvalue weighted by atomic mass is 16.5. The second kappa shape index (κ2) is 13.8. The van der Waals surface area contributed by atoms with Crippen LogP contribution in [-0.4, -0.2) is 24.7 Å². The lowest BCUT2D eigenvalue weighted by atomic mass is 9.98. The van der Waals surface area contributed by atoms with Crippen molar-refractivity contribution in [2.75, 3.05) is 24.6 Å². The first-order chi connectivity index (χ1) is 19.6. The van der Waals surface area contributed by atoms with Gasteiger partial charge in [0.25, 0.3) is 0 Å². The first kappa shape index (κ1) is 30.3. The van der Waals surface area contributed by atoms with E-state index in [2.05, 4.69) is 86.1 Å². The molecule has 0 fully saturated rings. The molecule has 0 spiro atoms. The number of fused-ring (bicyclic) bond motifs is 3. The van der Waals surface area contributed by atoms with E-state index in [1.807, 2.05) is 18.2 Å². The second-order valence-corrected chi connectivity index (χ2v) is 12.1. The summed E-state index contributed by atoms with van der Waals surface area (Å²) in [5.74, 6) is 0.741. The summed E-state index contributed by atoms with van der Waals surface area (Å²) in [4.78, 5) is 12.5. The normalized spacial score (nSPS) is 11.9. The lowest BCUT2D eigenvalue weighted by molar-refractivity contribution is -0.659. The van der Waals surface area contributed by atoms with Crippen molar-refractivity contribution in [3.8, 4) is 11.3 Å². The van der Waals surface area contributed by atoms with Crippen LogP contribution in [0.2, 0.25) is 0 Å². The number of nitrogens with one attached hydrogen (secondary N) is 1. The Morgan fingerprint density at radius 2 is 1.61 bits per heavy atom. The molecule has 218 valence electrons. The standard InChI is InChI=1S/C35H46N4O2/c1-25(2)18-22-41-35(3,4)19-20-38-33(40)13-9-6-10-21-39-32-24-28(37)15-17-30(32)29-16-14-27(36)23-31(29)34(39)26-11-7-5-8-12-26/h5,7-8,11-12,14-17,23-25,37H,6,9-10,13,18-22,36H2,1-4H3,(H,38,40)/p+1. The van der Waals surface area contributed by atoms with Gasteiger partial charge in [0.15, 0.2) is 0 Å². The third kappa shape index (κ3) is 8.20. The topological polar surface area (TPSA) is 94.2 Å². The van der Waals surface area contributed by atoms with Gasteiger partial charge in [0, 0.05) is 54.4 Å². The smallest absolute Gasteiger partial charge is 0.220 e. The number of hydrogen-bond acceptors (Lipinski definition) is 4. The maximum absolute atomic E-state index is 12.5. The maximum atomic E-state index is 12.5. The number of ether oxygens (including phenoxy) is 1. The predicted octanol–water partition coefficient (Wildman–Crippen LogP) is 7.02. The third-order valence-corrected chi connectivity index (χ3v) is 7.74. The number of aryl methyl sites for hydroxylation is 1. The molecule has 0 atom stereocenters. The number of nitrogen functional groups attached to an aromatic ring is 2. The number of rotatable bonds is 14. The van der Waals surface area contributed by atoms with E-state index in [9.17, 15) is 4.79 Å². The third-order valence-electron chi connectivity index (χ3n) is 7.74. The van der Waals surface area contributed by atoms with Gasteiger partial charge in [-0.25, -0.2) is 0 Å². The molecule has 1 aromatic heterocycles. The molecule has 0 saturated carbocycles. The van der Waals surface area contributed by atoms with E-state index in [1.165, 1.54) is 0 Å². The number of aromatic nitrogens is 1. The minimum atomic E-state index is -0.230. The van der Waals surface area contributed by atoms with Crippen LogP contribution >= 0.6 is 0 Å². The zero-order chi connectivity index (χ0) is 29.4. The Morgan fingerprint density at radius 1 is 0.902 bits per heavy atom. The fraction of sp³-hybridized carbons (Fsp3) is 0.429. The highest BCUT2D eigenvalue weighted by molar-refractivity contribution is 6.10. The minimum Gasteiger partial charge on any atom is -0.399 e. The lowest BCUT2D eigenvalue weighted by Gasteiger charge is -2.26. The number of carbonyl (C=O) groups is 1. The van der Waals surface area contributed by atoms with Gasteiger partial charge < -0.3 is 21.5 Å². The van der Waals surface area contributed by atoms with E-state index in [1.54, 1.807) is 0 Å². The zero-order valence-corrected chi connectivity index (χ0v) is 25.2. The van der Waals surface area contributed by atoms with Crippen LogP contribution in [0.25, 0.3) is 32.9 Å². The Hall–Kier alpha value is -3.64. The largest absolute Gasteiger partial charge is 0.399 e. The first-order valence-corrected chi connectivity index (χ1v) is 15.0. The monoisotopic (exact) mass is 555 g/mol. The molecule has 6 heteroatoms. The van der Waals surface area contributed by atoms with E-state index in [-0.39, 0.29) is 11.5 Å². The quantitative estimate of drug-likeness (QED) is 0.0674. The molecule has 0 bridgehead atoms. The minimum absolute atomic E-state index is 0.111. The molecule has 41 heavy (non-hydrogen) atoms. The van der Waals surface area contributed by atoms with Crippen molar-refractivity contribution < 1.29 is 14.1 Å². The van der Waals surface area contributed by atoms with Gasteiger partial charge in [-0.3, -0.25) is 4.79 Å². The van der Waals surface area contributed by atoms with Crippen molar-refractivity contribution in [1.82, 2.24) is 5.32 Å². The Balaban J connectivity index is 1.41. The molecule has 0 aliphatic carbocycles. The molecule has 5 N–H and O–H groups in total. The van der Waals surface area contributed by atoms with Crippen LogP contribution < -0.4 is 21.4 Å². The number of anilines is 2. The van der Waals surface area contributed by atoms with Gasteiger partial charge >= 0.3 is 0 Å². The summed E-state index contributed by atoms with van der Waals surface area (Å²) in [7, 11) is 0. The number of hydrogen-bond donors (Lipinski definition) is 3. The molecule has 0 aliphatic rings. The van der Waals surface area contributed by atoms with Crippen LogP contribution in [-0.2, 0) is 16.1 Å². The van der Waals surface area contributed by atoms with Crippen molar-refractivity contribution >= 4 is 39.0 Å². The number of unbranched alkanes of at least 4 members (excludes halogenated alkanes) is 2. The summed E-state index contributed by atoms with van der Waals surface area (Å²) < 4.78 is 8.40. The van der Waals surface area contributed by atoms with Gasteiger partial charge in [0.2, 0.25) is 17.1 Å².